The molecule has 2 aromatic rings. The van der Waals surface area contributed by atoms with E-state index in [1.165, 1.54) is 25.3 Å². The molecule has 2 N–H and O–H groups in total. The molecule has 2 aromatic carbocycles. The number of carbonyl (C=O) groups excluding carboxylic acids is 1. The van der Waals surface area contributed by atoms with E-state index in [1.54, 1.807) is 12.1 Å². The van der Waals surface area contributed by atoms with Gasteiger partial charge in [0.2, 0.25) is 0 Å². The van der Waals surface area contributed by atoms with Crippen LogP contribution in [0.5, 0.6) is 5.75 Å². The number of sulfonamides is 1. The van der Waals surface area contributed by atoms with Crippen molar-refractivity contribution in [3.05, 3.63) is 53.6 Å². The number of nitrogens with one attached hydrogen (secondary N) is 2. The molecule has 0 aliphatic carbocycles. The first-order valence-electron chi connectivity index (χ1n) is 8.12. The van der Waals surface area contributed by atoms with E-state index in [2.05, 4.69) is 10.0 Å². The highest BCUT2D eigenvalue weighted by atomic mass is 32.2. The van der Waals surface area contributed by atoms with Crippen LogP contribution in [-0.2, 0) is 10.0 Å². The molecule has 0 unspecified atom stereocenters. The molecule has 0 aromatic heterocycles. The maximum atomic E-state index is 12.8. The van der Waals surface area contributed by atoms with Crippen molar-refractivity contribution in [1.29, 1.82) is 0 Å². The van der Waals surface area contributed by atoms with Crippen LogP contribution >= 0.6 is 0 Å². The predicted molar refractivity (Wildman–Crippen MR) is 102 cm³/mol. The van der Waals surface area contributed by atoms with Gasteiger partial charge in [0.15, 0.2) is 0 Å². The van der Waals surface area contributed by atoms with E-state index >= 15 is 0 Å². The summed E-state index contributed by atoms with van der Waals surface area (Å²) in [6.07, 6.45) is 0. The van der Waals surface area contributed by atoms with Gasteiger partial charge in [-0.3, -0.25) is 9.52 Å². The van der Waals surface area contributed by atoms with E-state index in [9.17, 15) is 13.2 Å². The third kappa shape index (κ3) is 4.98. The summed E-state index contributed by atoms with van der Waals surface area (Å²) in [7, 11) is -2.54. The lowest BCUT2D eigenvalue weighted by molar-refractivity contribution is 0.0919. The summed E-state index contributed by atoms with van der Waals surface area (Å²) in [4.78, 5) is 12.3. The molecule has 26 heavy (non-hydrogen) atoms. The minimum atomic E-state index is -3.92. The average molecular weight is 376 g/mol. The Morgan fingerprint density at radius 2 is 1.65 bits per heavy atom. The second-order valence-corrected chi connectivity index (χ2v) is 8.69. The molecule has 1 amide bonds. The Morgan fingerprint density at radius 3 is 2.19 bits per heavy atom. The smallest absolute Gasteiger partial charge is 0.265 e. The van der Waals surface area contributed by atoms with Crippen molar-refractivity contribution in [3.8, 4) is 5.75 Å². The second kappa shape index (κ2) is 7.37. The average Bonchev–Trinajstić information content (AvgIpc) is 2.54. The lowest BCUT2D eigenvalue weighted by Gasteiger charge is -2.21. The highest BCUT2D eigenvalue weighted by molar-refractivity contribution is 7.92. The SMILES string of the molecule is COc1ccc(C(=O)NC(C)(C)C)cc1S(=O)(=O)Nc1ccc(C)cc1. The first kappa shape index (κ1) is 19.8. The number of rotatable bonds is 5. The van der Waals surface area contributed by atoms with Crippen LogP contribution in [0.4, 0.5) is 5.69 Å². The number of methoxy groups -OCH3 is 1. The highest BCUT2D eigenvalue weighted by Gasteiger charge is 2.23. The minimum absolute atomic E-state index is 0.0952. The van der Waals surface area contributed by atoms with Crippen LogP contribution in [0.3, 0.4) is 0 Å². The van der Waals surface area contributed by atoms with Crippen molar-refractivity contribution in [2.24, 2.45) is 0 Å². The molecular weight excluding hydrogens is 352 g/mol. The van der Waals surface area contributed by atoms with Crippen molar-refractivity contribution in [2.75, 3.05) is 11.8 Å². The molecule has 140 valence electrons. The third-order valence-corrected chi connectivity index (χ3v) is 4.91. The van der Waals surface area contributed by atoms with Crippen LogP contribution in [-0.4, -0.2) is 27.0 Å². The van der Waals surface area contributed by atoms with Crippen molar-refractivity contribution in [2.45, 2.75) is 38.1 Å². The van der Waals surface area contributed by atoms with Gasteiger partial charge in [0.1, 0.15) is 10.6 Å². The summed E-state index contributed by atoms with van der Waals surface area (Å²) in [6, 6.07) is 11.3. The number of hydrogen-bond donors (Lipinski definition) is 2. The fourth-order valence-corrected chi connectivity index (χ4v) is 3.53. The van der Waals surface area contributed by atoms with Gasteiger partial charge in [0, 0.05) is 16.8 Å². The van der Waals surface area contributed by atoms with Gasteiger partial charge < -0.3 is 10.1 Å². The van der Waals surface area contributed by atoms with Gasteiger partial charge in [-0.25, -0.2) is 8.42 Å². The first-order chi connectivity index (χ1) is 12.0. The Morgan fingerprint density at radius 1 is 1.04 bits per heavy atom. The number of amides is 1. The van der Waals surface area contributed by atoms with Crippen LogP contribution in [0.2, 0.25) is 0 Å². The number of aryl methyl sites for hydroxylation is 1. The lowest BCUT2D eigenvalue weighted by Crippen LogP contribution is -2.40. The summed E-state index contributed by atoms with van der Waals surface area (Å²) in [5.74, 6) is -0.191. The molecule has 0 aliphatic rings. The molecule has 6 nitrogen and oxygen atoms in total. The maximum Gasteiger partial charge on any atom is 0.265 e. The molecule has 0 radical (unpaired) electrons. The van der Waals surface area contributed by atoms with Gasteiger partial charge in [-0.05, 0) is 58.0 Å². The van der Waals surface area contributed by atoms with E-state index in [4.69, 9.17) is 4.74 Å². The van der Waals surface area contributed by atoms with Crippen LogP contribution in [0.25, 0.3) is 0 Å². The van der Waals surface area contributed by atoms with Crippen molar-refractivity contribution >= 4 is 21.6 Å². The largest absolute Gasteiger partial charge is 0.495 e. The van der Waals surface area contributed by atoms with Crippen molar-refractivity contribution < 1.29 is 17.9 Å². The zero-order valence-electron chi connectivity index (χ0n) is 15.6. The Kier molecular flexibility index (Phi) is 5.61. The van der Waals surface area contributed by atoms with Crippen LogP contribution in [0, 0.1) is 6.92 Å². The molecule has 0 heterocycles. The Hall–Kier alpha value is -2.54. The van der Waals surface area contributed by atoms with Gasteiger partial charge in [-0.15, -0.1) is 0 Å². The minimum Gasteiger partial charge on any atom is -0.495 e. The lowest BCUT2D eigenvalue weighted by atomic mass is 10.1. The molecule has 0 aliphatic heterocycles. The zero-order valence-corrected chi connectivity index (χ0v) is 16.4. The zero-order chi connectivity index (χ0) is 19.5. The molecule has 0 bridgehead atoms. The monoisotopic (exact) mass is 376 g/mol. The van der Waals surface area contributed by atoms with Gasteiger partial charge in [0.05, 0.1) is 7.11 Å². The fourth-order valence-electron chi connectivity index (χ4n) is 2.27. The van der Waals surface area contributed by atoms with Gasteiger partial charge in [0.25, 0.3) is 15.9 Å². The van der Waals surface area contributed by atoms with Crippen molar-refractivity contribution in [1.82, 2.24) is 5.32 Å². The predicted octanol–water partition coefficient (Wildman–Crippen LogP) is 3.33. The quantitative estimate of drug-likeness (QED) is 0.838. The summed E-state index contributed by atoms with van der Waals surface area (Å²) in [6.45, 7) is 7.47. The first-order valence-corrected chi connectivity index (χ1v) is 9.60. The van der Waals surface area contributed by atoms with E-state index in [1.807, 2.05) is 39.8 Å². The number of anilines is 1. The summed E-state index contributed by atoms with van der Waals surface area (Å²) < 4.78 is 33.3. The van der Waals surface area contributed by atoms with E-state index in [-0.39, 0.29) is 22.1 Å². The molecule has 0 atom stereocenters. The number of carbonyl (C=O) groups is 1. The number of hydrogen-bond acceptors (Lipinski definition) is 4. The summed E-state index contributed by atoms with van der Waals surface area (Å²) >= 11 is 0. The third-order valence-electron chi connectivity index (χ3n) is 3.51. The fraction of sp³-hybridized carbons (Fsp3) is 0.316. The normalized spacial score (nSPS) is 11.7. The molecule has 0 saturated heterocycles. The van der Waals surface area contributed by atoms with Crippen LogP contribution in [0.1, 0.15) is 36.7 Å². The molecular formula is C19H24N2O4S. The summed E-state index contributed by atoms with van der Waals surface area (Å²) in [5, 5.41) is 2.81. The van der Waals surface area contributed by atoms with Crippen LogP contribution in [0.15, 0.2) is 47.4 Å². The molecule has 7 heteroatoms. The van der Waals surface area contributed by atoms with Crippen molar-refractivity contribution in [3.63, 3.8) is 0 Å². The van der Waals surface area contributed by atoms with Crippen LogP contribution < -0.4 is 14.8 Å². The maximum absolute atomic E-state index is 12.8. The molecule has 0 saturated carbocycles. The number of benzene rings is 2. The Labute approximate surface area is 154 Å². The van der Waals surface area contributed by atoms with E-state index in [0.29, 0.717) is 5.69 Å². The van der Waals surface area contributed by atoms with E-state index in [0.717, 1.165) is 5.56 Å². The van der Waals surface area contributed by atoms with E-state index < -0.39 is 15.6 Å². The standard InChI is InChI=1S/C19H24N2O4S/c1-13-6-9-15(10-7-13)21-26(23,24)17-12-14(8-11-16(17)25-5)18(22)20-19(2,3)4/h6-12,21H,1-5H3,(H,20,22). The number of ether oxygens (including phenoxy) is 1. The Balaban J connectivity index is 2.40. The van der Waals surface area contributed by atoms with Gasteiger partial charge >= 0.3 is 0 Å². The van der Waals surface area contributed by atoms with Gasteiger partial charge in [-0.1, -0.05) is 17.7 Å². The molecule has 2 rings (SSSR count). The topological polar surface area (TPSA) is 84.5 Å². The highest BCUT2D eigenvalue weighted by Crippen LogP contribution is 2.27. The Bertz CT molecular complexity index is 898. The molecule has 0 fully saturated rings. The summed E-state index contributed by atoms with van der Waals surface area (Å²) in [5.41, 5.74) is 1.26. The second-order valence-electron chi connectivity index (χ2n) is 7.04. The molecule has 0 spiro atoms. The van der Waals surface area contributed by atoms with Gasteiger partial charge in [-0.2, -0.15) is 0 Å².